The molecule has 0 aliphatic heterocycles. The topological polar surface area (TPSA) is 66.8 Å². The molecule has 0 radical (unpaired) electrons. The molecular formula is C24H28N6S. The second kappa shape index (κ2) is 7.71. The Morgan fingerprint density at radius 3 is 2.87 bits per heavy atom. The molecule has 0 saturated carbocycles. The van der Waals surface area contributed by atoms with Gasteiger partial charge in [0.25, 0.3) is 0 Å². The Bertz CT molecular complexity index is 1250. The zero-order valence-electron chi connectivity index (χ0n) is 18.6. The molecule has 0 saturated heterocycles. The van der Waals surface area contributed by atoms with Gasteiger partial charge < -0.3 is 10.2 Å². The summed E-state index contributed by atoms with van der Waals surface area (Å²) in [5, 5.41) is 4.72. The molecule has 0 amide bonds. The molecular weight excluding hydrogens is 404 g/mol. The molecule has 6 nitrogen and oxygen atoms in total. The summed E-state index contributed by atoms with van der Waals surface area (Å²) >= 11 is 1.70. The maximum atomic E-state index is 5.14. The van der Waals surface area contributed by atoms with Gasteiger partial charge in [0.2, 0.25) is 0 Å². The van der Waals surface area contributed by atoms with E-state index in [4.69, 9.17) is 9.97 Å². The summed E-state index contributed by atoms with van der Waals surface area (Å²) in [4.78, 5) is 22.0. The van der Waals surface area contributed by atoms with Crippen LogP contribution in [0, 0.1) is 5.41 Å². The monoisotopic (exact) mass is 432 g/mol. The third-order valence-electron chi connectivity index (χ3n) is 6.32. The molecule has 4 aromatic heterocycles. The quantitative estimate of drug-likeness (QED) is 0.466. The molecule has 0 unspecified atom stereocenters. The Morgan fingerprint density at radius 1 is 1.23 bits per heavy atom. The van der Waals surface area contributed by atoms with Crippen LogP contribution in [0.25, 0.3) is 20.4 Å². The molecule has 4 aromatic rings. The van der Waals surface area contributed by atoms with E-state index in [1.807, 2.05) is 12.3 Å². The number of nitrogens with zero attached hydrogens (tertiary/aromatic N) is 5. The average Bonchev–Trinajstić information content (AvgIpc) is 3.16. The molecule has 0 bridgehead atoms. The van der Waals surface area contributed by atoms with Crippen molar-refractivity contribution in [3.63, 3.8) is 0 Å². The minimum Gasteiger partial charge on any atom is -0.365 e. The number of aromatic nitrogens is 4. The zero-order valence-corrected chi connectivity index (χ0v) is 19.4. The van der Waals surface area contributed by atoms with Crippen molar-refractivity contribution in [3.8, 4) is 0 Å². The molecule has 7 heteroatoms. The second-order valence-corrected chi connectivity index (χ2v) is 10.1. The van der Waals surface area contributed by atoms with E-state index in [0.29, 0.717) is 6.54 Å². The highest BCUT2D eigenvalue weighted by atomic mass is 32.1. The zero-order chi connectivity index (χ0) is 21.6. The summed E-state index contributed by atoms with van der Waals surface area (Å²) in [6.07, 6.45) is 8.65. The Morgan fingerprint density at radius 2 is 2.10 bits per heavy atom. The summed E-state index contributed by atoms with van der Waals surface area (Å²) in [6, 6.07) is 4.02. The Hall–Kier alpha value is -2.80. The lowest BCUT2D eigenvalue weighted by Gasteiger charge is -2.34. The van der Waals surface area contributed by atoms with Gasteiger partial charge in [-0.1, -0.05) is 19.9 Å². The summed E-state index contributed by atoms with van der Waals surface area (Å²) in [6.45, 7) is 8.54. The molecule has 0 aromatic carbocycles. The number of thiophene rings is 1. The fourth-order valence-corrected chi connectivity index (χ4v) is 5.59. The van der Waals surface area contributed by atoms with Crippen LogP contribution in [0.5, 0.6) is 0 Å². The lowest BCUT2D eigenvalue weighted by molar-refractivity contribution is 0.317. The Kier molecular flexibility index (Phi) is 5.01. The van der Waals surface area contributed by atoms with Crippen LogP contribution in [0.4, 0.5) is 11.6 Å². The molecule has 4 heterocycles. The van der Waals surface area contributed by atoms with Gasteiger partial charge in [0.05, 0.1) is 10.2 Å². The van der Waals surface area contributed by atoms with Crippen molar-refractivity contribution in [1.29, 1.82) is 0 Å². The first-order valence-corrected chi connectivity index (χ1v) is 11.7. The van der Waals surface area contributed by atoms with Gasteiger partial charge in [-0.05, 0) is 54.4 Å². The van der Waals surface area contributed by atoms with E-state index in [1.165, 1.54) is 22.9 Å². The van der Waals surface area contributed by atoms with Gasteiger partial charge >= 0.3 is 0 Å². The number of pyridine rings is 2. The highest BCUT2D eigenvalue weighted by Crippen LogP contribution is 2.46. The minimum atomic E-state index is 0.284. The second-order valence-electron chi connectivity index (χ2n) is 9.14. The van der Waals surface area contributed by atoms with Crippen LogP contribution in [0.3, 0.4) is 0 Å². The average molecular weight is 433 g/mol. The third kappa shape index (κ3) is 3.61. The SMILES string of the molecule is CCN(C)c1nc2sc3c(NCc4cccnc4)ncnc3c2c2c1CCC(C)(C)C2. The first-order valence-electron chi connectivity index (χ1n) is 10.9. The number of hydrogen-bond donors (Lipinski definition) is 1. The van der Waals surface area contributed by atoms with Gasteiger partial charge in [0.1, 0.15) is 22.8 Å². The normalized spacial score (nSPS) is 15.2. The maximum Gasteiger partial charge on any atom is 0.147 e. The molecule has 160 valence electrons. The molecule has 0 spiro atoms. The molecule has 0 atom stereocenters. The van der Waals surface area contributed by atoms with Gasteiger partial charge in [-0.15, -0.1) is 11.3 Å². The molecule has 5 rings (SSSR count). The van der Waals surface area contributed by atoms with Gasteiger partial charge in [-0.2, -0.15) is 0 Å². The number of anilines is 2. The number of fused-ring (bicyclic) bond motifs is 5. The lowest BCUT2D eigenvalue weighted by Crippen LogP contribution is -2.26. The van der Waals surface area contributed by atoms with Crippen LogP contribution >= 0.6 is 11.3 Å². The van der Waals surface area contributed by atoms with Crippen LogP contribution in [-0.4, -0.2) is 33.5 Å². The van der Waals surface area contributed by atoms with E-state index >= 15 is 0 Å². The summed E-state index contributed by atoms with van der Waals surface area (Å²) < 4.78 is 1.08. The highest BCUT2D eigenvalue weighted by Gasteiger charge is 2.31. The maximum absolute atomic E-state index is 5.14. The van der Waals surface area contributed by atoms with Crippen molar-refractivity contribution in [2.24, 2.45) is 5.41 Å². The fraction of sp³-hybridized carbons (Fsp3) is 0.417. The summed E-state index contributed by atoms with van der Waals surface area (Å²) in [5.74, 6) is 2.00. The summed E-state index contributed by atoms with van der Waals surface area (Å²) in [5.41, 5.74) is 5.26. The van der Waals surface area contributed by atoms with Gasteiger partial charge in [-0.3, -0.25) is 4.98 Å². The van der Waals surface area contributed by atoms with Crippen molar-refractivity contribution < 1.29 is 0 Å². The van der Waals surface area contributed by atoms with Crippen molar-refractivity contribution in [2.75, 3.05) is 23.8 Å². The van der Waals surface area contributed by atoms with Crippen molar-refractivity contribution in [2.45, 2.75) is 46.6 Å². The Labute approximate surface area is 186 Å². The molecule has 1 aliphatic carbocycles. The van der Waals surface area contributed by atoms with E-state index < -0.39 is 0 Å². The molecule has 1 N–H and O–H groups in total. The van der Waals surface area contributed by atoms with Crippen LogP contribution in [0.1, 0.15) is 43.9 Å². The predicted molar refractivity (Wildman–Crippen MR) is 129 cm³/mol. The first kappa shape index (κ1) is 20.1. The van der Waals surface area contributed by atoms with Crippen LogP contribution in [-0.2, 0) is 19.4 Å². The molecule has 31 heavy (non-hydrogen) atoms. The summed E-state index contributed by atoms with van der Waals surface area (Å²) in [7, 11) is 2.14. The third-order valence-corrected chi connectivity index (χ3v) is 7.40. The smallest absolute Gasteiger partial charge is 0.147 e. The van der Waals surface area contributed by atoms with Crippen LogP contribution < -0.4 is 10.2 Å². The largest absolute Gasteiger partial charge is 0.365 e. The van der Waals surface area contributed by atoms with Gasteiger partial charge in [0.15, 0.2) is 0 Å². The Balaban J connectivity index is 1.67. The molecule has 0 fully saturated rings. The van der Waals surface area contributed by atoms with E-state index in [2.05, 4.69) is 54.1 Å². The van der Waals surface area contributed by atoms with Gasteiger partial charge in [0, 0.05) is 37.9 Å². The minimum absolute atomic E-state index is 0.284. The van der Waals surface area contributed by atoms with Crippen molar-refractivity contribution in [1.82, 2.24) is 19.9 Å². The van der Waals surface area contributed by atoms with Crippen LogP contribution in [0.15, 0.2) is 30.9 Å². The van der Waals surface area contributed by atoms with Crippen molar-refractivity contribution in [3.05, 3.63) is 47.5 Å². The standard InChI is InChI=1S/C24H28N6S/c1-5-30(4)22-16-8-9-24(2,3)11-17(16)18-19-20(31-23(18)29-22)21(28-14-27-19)26-13-15-7-6-10-25-12-15/h6-7,10,12,14H,5,8-9,11,13H2,1-4H3,(H,26,27,28). The van der Waals surface area contributed by atoms with Gasteiger partial charge in [-0.25, -0.2) is 15.0 Å². The van der Waals surface area contributed by atoms with E-state index in [9.17, 15) is 0 Å². The molecule has 1 aliphatic rings. The number of rotatable bonds is 5. The number of nitrogens with one attached hydrogen (secondary N) is 1. The van der Waals surface area contributed by atoms with Crippen LogP contribution in [0.2, 0.25) is 0 Å². The number of hydrogen-bond acceptors (Lipinski definition) is 7. The van der Waals surface area contributed by atoms with Crippen molar-refractivity contribution >= 4 is 43.4 Å². The van der Waals surface area contributed by atoms with E-state index in [-0.39, 0.29) is 5.41 Å². The fourth-order valence-electron chi connectivity index (χ4n) is 4.47. The van der Waals surface area contributed by atoms with E-state index in [0.717, 1.165) is 51.6 Å². The predicted octanol–water partition coefficient (Wildman–Crippen LogP) is 5.22. The lowest BCUT2D eigenvalue weighted by atomic mass is 9.73. The van der Waals surface area contributed by atoms with E-state index in [1.54, 1.807) is 23.9 Å². The first-order chi connectivity index (χ1) is 15.0. The highest BCUT2D eigenvalue weighted by molar-refractivity contribution is 7.26.